The Labute approximate surface area is 127 Å². The summed E-state index contributed by atoms with van der Waals surface area (Å²) in [6.45, 7) is 0.604. The molecule has 0 unspecified atom stereocenters. The highest BCUT2D eigenvalue weighted by Gasteiger charge is 2.01. The van der Waals surface area contributed by atoms with Crippen LogP contribution in [0.5, 0.6) is 5.75 Å². The number of pyridine rings is 1. The number of rotatable bonds is 6. The first-order valence-corrected chi connectivity index (χ1v) is 7.52. The van der Waals surface area contributed by atoms with Gasteiger partial charge in [0.2, 0.25) is 0 Å². The van der Waals surface area contributed by atoms with Gasteiger partial charge >= 0.3 is 0 Å². The lowest BCUT2D eigenvalue weighted by Gasteiger charge is -2.06. The van der Waals surface area contributed by atoms with Gasteiger partial charge in [-0.1, -0.05) is 17.7 Å². The Hall–Kier alpha value is -1.70. The molecular weight excluding hydrogens is 292 g/mol. The summed E-state index contributed by atoms with van der Waals surface area (Å²) in [6, 6.07) is 12.9. The molecule has 0 aliphatic rings. The summed E-state index contributed by atoms with van der Waals surface area (Å²) in [6.07, 6.45) is 2.62. The van der Waals surface area contributed by atoms with Crippen molar-refractivity contribution in [3.63, 3.8) is 0 Å². The van der Waals surface area contributed by atoms with E-state index in [1.807, 2.05) is 24.3 Å². The van der Waals surface area contributed by atoms with Crippen LogP contribution in [0.3, 0.4) is 0 Å². The molecule has 0 radical (unpaired) electrons. The lowest BCUT2D eigenvalue weighted by molar-refractivity contribution is 0.318. The van der Waals surface area contributed by atoms with Crippen LogP contribution < -0.4 is 4.74 Å². The minimum atomic E-state index is 0.604. The van der Waals surface area contributed by atoms with Gasteiger partial charge in [-0.15, -0.1) is 11.8 Å². The number of halogens is 1. The molecule has 2 rings (SSSR count). The van der Waals surface area contributed by atoms with Gasteiger partial charge in [-0.3, -0.25) is 0 Å². The second-order valence-corrected chi connectivity index (χ2v) is 5.47. The third-order valence-electron chi connectivity index (χ3n) is 2.48. The van der Waals surface area contributed by atoms with Gasteiger partial charge in [-0.05, 0) is 36.8 Å². The Balaban J connectivity index is 1.72. The second kappa shape index (κ2) is 7.78. The Bertz CT molecular complexity index is 613. The van der Waals surface area contributed by atoms with Gasteiger partial charge in [0.1, 0.15) is 10.8 Å². The van der Waals surface area contributed by atoms with Crippen LogP contribution in [0.25, 0.3) is 0 Å². The summed E-state index contributed by atoms with van der Waals surface area (Å²) in [4.78, 5) is 4.21. The highest BCUT2D eigenvalue weighted by atomic mass is 35.5. The smallest absolute Gasteiger partial charge is 0.120 e. The molecule has 0 bridgehead atoms. The molecule has 0 N–H and O–H groups in total. The average Bonchev–Trinajstić information content (AvgIpc) is 2.49. The van der Waals surface area contributed by atoms with E-state index < -0.39 is 0 Å². The Morgan fingerprint density at radius 2 is 2.20 bits per heavy atom. The first-order valence-electron chi connectivity index (χ1n) is 6.16. The third-order valence-corrected chi connectivity index (χ3v) is 3.99. The monoisotopic (exact) mass is 304 g/mol. The number of hydrogen-bond acceptors (Lipinski definition) is 4. The molecule has 0 saturated carbocycles. The van der Waals surface area contributed by atoms with Gasteiger partial charge in [-0.25, -0.2) is 4.98 Å². The molecule has 0 aliphatic carbocycles. The molecule has 0 spiro atoms. The second-order valence-electron chi connectivity index (χ2n) is 3.98. The quantitative estimate of drug-likeness (QED) is 0.593. The molecule has 0 amide bonds. The van der Waals surface area contributed by atoms with E-state index in [0.29, 0.717) is 17.2 Å². The molecule has 1 aromatic heterocycles. The van der Waals surface area contributed by atoms with Crippen LogP contribution in [0.1, 0.15) is 12.0 Å². The van der Waals surface area contributed by atoms with Crippen molar-refractivity contribution in [2.24, 2.45) is 0 Å². The molecule has 0 atom stereocenters. The van der Waals surface area contributed by atoms with Crippen molar-refractivity contribution < 1.29 is 4.74 Å². The molecule has 5 heteroatoms. The van der Waals surface area contributed by atoms with Crippen molar-refractivity contribution in [3.8, 4) is 11.8 Å². The van der Waals surface area contributed by atoms with E-state index >= 15 is 0 Å². The molecule has 0 aliphatic heterocycles. The molecule has 3 nitrogen and oxygen atoms in total. The van der Waals surface area contributed by atoms with E-state index in [9.17, 15) is 0 Å². The molecule has 2 aromatic rings. The summed E-state index contributed by atoms with van der Waals surface area (Å²) in [7, 11) is 0. The van der Waals surface area contributed by atoms with Crippen LogP contribution in [0.15, 0.2) is 47.6 Å². The summed E-state index contributed by atoms with van der Waals surface area (Å²) in [5, 5.41) is 10.3. The molecule has 1 heterocycles. The van der Waals surface area contributed by atoms with E-state index in [1.165, 1.54) is 0 Å². The Morgan fingerprint density at radius 1 is 1.30 bits per heavy atom. The maximum absolute atomic E-state index is 8.80. The van der Waals surface area contributed by atoms with Crippen molar-refractivity contribution in [2.45, 2.75) is 11.4 Å². The average molecular weight is 305 g/mol. The standard InChI is InChI=1S/C15H13ClN2OS/c16-14-6-2-7-18-15(14)20-9-3-8-19-13-5-1-4-12(10-13)11-17/h1-2,4-7,10H,3,8-9H2. The van der Waals surface area contributed by atoms with E-state index in [1.54, 1.807) is 30.1 Å². The zero-order chi connectivity index (χ0) is 14.2. The topological polar surface area (TPSA) is 45.9 Å². The van der Waals surface area contributed by atoms with E-state index in [0.717, 1.165) is 22.9 Å². The summed E-state index contributed by atoms with van der Waals surface area (Å²) >= 11 is 7.64. The number of hydrogen-bond donors (Lipinski definition) is 0. The summed E-state index contributed by atoms with van der Waals surface area (Å²) < 4.78 is 5.60. The predicted molar refractivity (Wildman–Crippen MR) is 81.2 cm³/mol. The normalized spacial score (nSPS) is 10.0. The van der Waals surface area contributed by atoms with Crippen molar-refractivity contribution in [1.82, 2.24) is 4.98 Å². The lowest BCUT2D eigenvalue weighted by Crippen LogP contribution is -1.99. The first kappa shape index (κ1) is 14.7. The van der Waals surface area contributed by atoms with Crippen LogP contribution in [0.4, 0.5) is 0 Å². The molecule has 0 fully saturated rings. The zero-order valence-electron chi connectivity index (χ0n) is 10.8. The van der Waals surface area contributed by atoms with Crippen molar-refractivity contribution in [1.29, 1.82) is 5.26 Å². The third kappa shape index (κ3) is 4.44. The maximum atomic E-state index is 8.80. The van der Waals surface area contributed by atoms with E-state index in [4.69, 9.17) is 21.6 Å². The van der Waals surface area contributed by atoms with Crippen LogP contribution in [-0.4, -0.2) is 17.3 Å². The number of benzene rings is 1. The Morgan fingerprint density at radius 3 is 3.00 bits per heavy atom. The SMILES string of the molecule is N#Cc1cccc(OCCCSc2ncccc2Cl)c1. The van der Waals surface area contributed by atoms with Gasteiger partial charge < -0.3 is 4.74 Å². The van der Waals surface area contributed by atoms with E-state index in [-0.39, 0.29) is 0 Å². The zero-order valence-corrected chi connectivity index (χ0v) is 12.3. The first-order chi connectivity index (χ1) is 9.79. The fraction of sp³-hybridized carbons (Fsp3) is 0.200. The van der Waals surface area contributed by atoms with Gasteiger partial charge in [0.15, 0.2) is 0 Å². The van der Waals surface area contributed by atoms with Crippen LogP contribution >= 0.6 is 23.4 Å². The largest absolute Gasteiger partial charge is 0.494 e. The van der Waals surface area contributed by atoms with Crippen molar-refractivity contribution in [3.05, 3.63) is 53.2 Å². The molecule has 1 aromatic carbocycles. The van der Waals surface area contributed by atoms with E-state index in [2.05, 4.69) is 11.1 Å². The maximum Gasteiger partial charge on any atom is 0.120 e. The van der Waals surface area contributed by atoms with Crippen molar-refractivity contribution >= 4 is 23.4 Å². The highest BCUT2D eigenvalue weighted by Crippen LogP contribution is 2.24. The summed E-state index contributed by atoms with van der Waals surface area (Å²) in [5.41, 5.74) is 0.608. The van der Waals surface area contributed by atoms with Gasteiger partial charge in [0.25, 0.3) is 0 Å². The predicted octanol–water partition coefficient (Wildman–Crippen LogP) is 4.17. The molecular formula is C15H13ClN2OS. The van der Waals surface area contributed by atoms with Crippen LogP contribution in [0.2, 0.25) is 5.02 Å². The summed E-state index contributed by atoms with van der Waals surface area (Å²) in [5.74, 6) is 1.61. The number of nitrogens with zero attached hydrogens (tertiary/aromatic N) is 2. The van der Waals surface area contributed by atoms with Gasteiger partial charge in [-0.2, -0.15) is 5.26 Å². The molecule has 0 saturated heterocycles. The van der Waals surface area contributed by atoms with Crippen LogP contribution in [-0.2, 0) is 0 Å². The minimum absolute atomic E-state index is 0.604. The fourth-order valence-electron chi connectivity index (χ4n) is 1.55. The number of thioether (sulfide) groups is 1. The van der Waals surface area contributed by atoms with Crippen molar-refractivity contribution in [2.75, 3.05) is 12.4 Å². The van der Waals surface area contributed by atoms with Gasteiger partial charge in [0, 0.05) is 11.9 Å². The number of aromatic nitrogens is 1. The highest BCUT2D eigenvalue weighted by molar-refractivity contribution is 7.99. The number of nitriles is 1. The molecule has 20 heavy (non-hydrogen) atoms. The van der Waals surface area contributed by atoms with Gasteiger partial charge in [0.05, 0.1) is 23.3 Å². The molecule has 102 valence electrons. The minimum Gasteiger partial charge on any atom is -0.494 e. The number of ether oxygens (including phenoxy) is 1. The lowest BCUT2D eigenvalue weighted by atomic mass is 10.2. The van der Waals surface area contributed by atoms with Crippen LogP contribution in [0, 0.1) is 11.3 Å². The Kier molecular flexibility index (Phi) is 5.72. The fourth-order valence-corrected chi connectivity index (χ4v) is 2.63.